The number of fused-ring (bicyclic) bond motifs is 3. The molecule has 0 saturated heterocycles. The standard InChI is InChI=1S/C8H6N4S2/c1-4-2-14-8-11-6-5(12(4)8)7(13)10-3-9-6/h2-3H,1H3,(H,9,10,13). The maximum Gasteiger partial charge on any atom is 0.196 e. The van der Waals surface area contributed by atoms with Crippen LogP contribution in [0, 0.1) is 11.6 Å². The molecule has 70 valence electrons. The Labute approximate surface area is 88.3 Å². The monoisotopic (exact) mass is 222 g/mol. The zero-order chi connectivity index (χ0) is 9.71. The van der Waals surface area contributed by atoms with E-state index in [0.29, 0.717) is 4.64 Å². The van der Waals surface area contributed by atoms with E-state index in [-0.39, 0.29) is 0 Å². The molecule has 14 heavy (non-hydrogen) atoms. The molecule has 0 radical (unpaired) electrons. The Balaban J connectivity index is 2.75. The van der Waals surface area contributed by atoms with Crippen molar-refractivity contribution < 1.29 is 0 Å². The molecule has 1 N–H and O–H groups in total. The van der Waals surface area contributed by atoms with Crippen LogP contribution in [0.1, 0.15) is 5.69 Å². The highest BCUT2D eigenvalue weighted by Crippen LogP contribution is 2.21. The highest BCUT2D eigenvalue weighted by molar-refractivity contribution is 7.71. The summed E-state index contributed by atoms with van der Waals surface area (Å²) in [6.07, 6.45) is 1.58. The predicted molar refractivity (Wildman–Crippen MR) is 58.3 cm³/mol. The molecular weight excluding hydrogens is 216 g/mol. The largest absolute Gasteiger partial charge is 0.329 e. The van der Waals surface area contributed by atoms with E-state index < -0.39 is 0 Å². The third-order valence-corrected chi connectivity index (χ3v) is 3.36. The van der Waals surface area contributed by atoms with Gasteiger partial charge in [0.1, 0.15) is 5.52 Å². The molecule has 0 aliphatic carbocycles. The summed E-state index contributed by atoms with van der Waals surface area (Å²) >= 11 is 6.78. The van der Waals surface area contributed by atoms with Crippen molar-refractivity contribution in [3.63, 3.8) is 0 Å². The number of nitrogens with zero attached hydrogens (tertiary/aromatic N) is 3. The van der Waals surface area contributed by atoms with Gasteiger partial charge in [-0.05, 0) is 6.92 Å². The molecule has 0 aromatic carbocycles. The second-order valence-corrected chi connectivity index (χ2v) is 4.24. The Morgan fingerprint density at radius 3 is 3.29 bits per heavy atom. The van der Waals surface area contributed by atoms with Crippen LogP contribution in [-0.4, -0.2) is 19.4 Å². The lowest BCUT2D eigenvalue weighted by molar-refractivity contribution is 1.14. The fraction of sp³-hybridized carbons (Fsp3) is 0.125. The number of nitrogens with one attached hydrogen (secondary N) is 1. The molecule has 3 rings (SSSR count). The van der Waals surface area contributed by atoms with Crippen LogP contribution in [0.25, 0.3) is 16.1 Å². The summed E-state index contributed by atoms with van der Waals surface area (Å²) in [5, 5.41) is 2.06. The first kappa shape index (κ1) is 8.07. The normalized spacial score (nSPS) is 11.5. The summed E-state index contributed by atoms with van der Waals surface area (Å²) in [7, 11) is 0. The Morgan fingerprint density at radius 1 is 1.57 bits per heavy atom. The Kier molecular flexibility index (Phi) is 1.51. The maximum absolute atomic E-state index is 5.17. The predicted octanol–water partition coefficient (Wildman–Crippen LogP) is 2.31. The molecule has 0 atom stereocenters. The van der Waals surface area contributed by atoms with Crippen molar-refractivity contribution >= 4 is 39.7 Å². The summed E-state index contributed by atoms with van der Waals surface area (Å²) in [6.45, 7) is 2.03. The maximum atomic E-state index is 5.17. The second kappa shape index (κ2) is 2.61. The van der Waals surface area contributed by atoms with Gasteiger partial charge in [0, 0.05) is 11.1 Å². The third-order valence-electron chi connectivity index (χ3n) is 2.12. The highest BCUT2D eigenvalue weighted by Gasteiger charge is 2.09. The fourth-order valence-corrected chi connectivity index (χ4v) is 2.61. The SMILES string of the molecule is Cc1csc2nc3[nH]cnc(=S)c3n12. The van der Waals surface area contributed by atoms with Gasteiger partial charge in [-0.15, -0.1) is 11.3 Å². The van der Waals surface area contributed by atoms with Crippen molar-refractivity contribution in [2.75, 3.05) is 0 Å². The van der Waals surface area contributed by atoms with Crippen LogP contribution >= 0.6 is 23.6 Å². The van der Waals surface area contributed by atoms with Gasteiger partial charge in [0.25, 0.3) is 0 Å². The summed E-state index contributed by atoms with van der Waals surface area (Å²) in [4.78, 5) is 12.4. The van der Waals surface area contributed by atoms with Crippen molar-refractivity contribution in [2.45, 2.75) is 6.92 Å². The van der Waals surface area contributed by atoms with Crippen LogP contribution < -0.4 is 0 Å². The van der Waals surface area contributed by atoms with E-state index in [9.17, 15) is 0 Å². The van der Waals surface area contributed by atoms with Crippen molar-refractivity contribution in [1.29, 1.82) is 0 Å². The van der Waals surface area contributed by atoms with Gasteiger partial charge in [-0.3, -0.25) is 4.40 Å². The summed E-state index contributed by atoms with van der Waals surface area (Å²) in [6, 6.07) is 0. The van der Waals surface area contributed by atoms with E-state index in [1.165, 1.54) is 0 Å². The summed E-state index contributed by atoms with van der Waals surface area (Å²) in [5.74, 6) is 0. The minimum Gasteiger partial charge on any atom is -0.329 e. The number of aryl methyl sites for hydroxylation is 1. The average Bonchev–Trinajstić information content (AvgIpc) is 2.67. The number of aromatic amines is 1. The Bertz CT molecular complexity index is 675. The number of hydrogen-bond acceptors (Lipinski definition) is 4. The molecule has 3 aromatic heterocycles. The molecule has 3 heterocycles. The molecule has 3 aromatic rings. The molecule has 0 unspecified atom stereocenters. The molecule has 0 aliphatic heterocycles. The van der Waals surface area contributed by atoms with Crippen LogP contribution in [0.3, 0.4) is 0 Å². The second-order valence-electron chi connectivity index (χ2n) is 3.01. The van der Waals surface area contributed by atoms with E-state index in [2.05, 4.69) is 20.3 Å². The Hall–Kier alpha value is -1.27. The molecule has 0 amide bonds. The topological polar surface area (TPSA) is 46.0 Å². The molecule has 0 spiro atoms. The Morgan fingerprint density at radius 2 is 2.43 bits per heavy atom. The zero-order valence-corrected chi connectivity index (χ0v) is 8.95. The molecule has 0 saturated carbocycles. The molecular formula is C8H6N4S2. The number of rotatable bonds is 0. The number of H-pyrrole nitrogens is 1. The zero-order valence-electron chi connectivity index (χ0n) is 7.31. The first-order valence-electron chi connectivity index (χ1n) is 4.07. The first-order valence-corrected chi connectivity index (χ1v) is 5.36. The van der Waals surface area contributed by atoms with Crippen LogP contribution in [0.2, 0.25) is 0 Å². The van der Waals surface area contributed by atoms with Crippen molar-refractivity contribution in [3.05, 3.63) is 22.0 Å². The third kappa shape index (κ3) is 0.893. The average molecular weight is 222 g/mol. The van der Waals surface area contributed by atoms with Crippen LogP contribution in [0.4, 0.5) is 0 Å². The van der Waals surface area contributed by atoms with E-state index in [1.54, 1.807) is 17.7 Å². The van der Waals surface area contributed by atoms with Gasteiger partial charge >= 0.3 is 0 Å². The van der Waals surface area contributed by atoms with Gasteiger partial charge in [0.2, 0.25) is 0 Å². The van der Waals surface area contributed by atoms with E-state index in [4.69, 9.17) is 12.2 Å². The lowest BCUT2D eigenvalue weighted by Gasteiger charge is -1.91. The summed E-state index contributed by atoms with van der Waals surface area (Å²) in [5.41, 5.74) is 2.84. The first-order chi connectivity index (χ1) is 6.77. The minimum atomic E-state index is 0.591. The lowest BCUT2D eigenvalue weighted by Crippen LogP contribution is -1.87. The molecule has 0 aliphatic rings. The lowest BCUT2D eigenvalue weighted by atomic mass is 10.5. The van der Waals surface area contributed by atoms with E-state index in [0.717, 1.165) is 21.8 Å². The summed E-state index contributed by atoms with van der Waals surface area (Å²) < 4.78 is 2.62. The van der Waals surface area contributed by atoms with Crippen LogP contribution in [0.15, 0.2) is 11.7 Å². The van der Waals surface area contributed by atoms with Gasteiger partial charge in [-0.2, -0.15) is 0 Å². The van der Waals surface area contributed by atoms with Gasteiger partial charge in [0.05, 0.1) is 6.33 Å². The minimum absolute atomic E-state index is 0.591. The van der Waals surface area contributed by atoms with Crippen molar-refractivity contribution in [2.24, 2.45) is 0 Å². The number of thiazole rings is 1. The quantitative estimate of drug-likeness (QED) is 0.594. The van der Waals surface area contributed by atoms with Crippen LogP contribution in [-0.2, 0) is 0 Å². The molecule has 0 bridgehead atoms. The van der Waals surface area contributed by atoms with E-state index in [1.807, 2.05) is 11.3 Å². The van der Waals surface area contributed by atoms with Gasteiger partial charge in [0.15, 0.2) is 15.2 Å². The van der Waals surface area contributed by atoms with Gasteiger partial charge in [-0.1, -0.05) is 12.2 Å². The molecule has 0 fully saturated rings. The highest BCUT2D eigenvalue weighted by atomic mass is 32.1. The molecule has 6 heteroatoms. The van der Waals surface area contributed by atoms with Gasteiger partial charge in [-0.25, -0.2) is 9.97 Å². The van der Waals surface area contributed by atoms with Crippen molar-refractivity contribution in [1.82, 2.24) is 19.4 Å². The van der Waals surface area contributed by atoms with Crippen LogP contribution in [0.5, 0.6) is 0 Å². The number of aromatic nitrogens is 4. The van der Waals surface area contributed by atoms with Gasteiger partial charge < -0.3 is 4.98 Å². The fourth-order valence-electron chi connectivity index (χ4n) is 1.51. The smallest absolute Gasteiger partial charge is 0.196 e. The number of imidazole rings is 1. The number of hydrogen-bond donors (Lipinski definition) is 1. The van der Waals surface area contributed by atoms with E-state index >= 15 is 0 Å². The molecule has 4 nitrogen and oxygen atoms in total. The van der Waals surface area contributed by atoms with Crippen molar-refractivity contribution in [3.8, 4) is 0 Å².